The van der Waals surface area contributed by atoms with Crippen LogP contribution in [0, 0.1) is 0 Å². The summed E-state index contributed by atoms with van der Waals surface area (Å²) in [5, 5.41) is 4.91. The van der Waals surface area contributed by atoms with Gasteiger partial charge in [-0.15, -0.1) is 11.6 Å². The Labute approximate surface area is 111 Å². The van der Waals surface area contributed by atoms with Crippen LogP contribution in [0.5, 0.6) is 0 Å². The summed E-state index contributed by atoms with van der Waals surface area (Å²) in [4.78, 5) is 11.9. The molecule has 2 N–H and O–H groups in total. The molecule has 94 valence electrons. The van der Waals surface area contributed by atoms with E-state index in [-0.39, 0.29) is 18.1 Å². The maximum Gasteiger partial charge on any atom is 0.264 e. The first-order chi connectivity index (χ1) is 8.78. The van der Waals surface area contributed by atoms with Gasteiger partial charge < -0.3 is 5.32 Å². The Morgan fingerprint density at radius 3 is 2.83 bits per heavy atom. The number of nitrogens with one attached hydrogen (secondary N) is 2. The van der Waals surface area contributed by atoms with Crippen LogP contribution in [-0.2, 0) is 4.79 Å². The van der Waals surface area contributed by atoms with Crippen molar-refractivity contribution < 1.29 is 4.79 Å². The van der Waals surface area contributed by atoms with Crippen LogP contribution in [0.15, 0.2) is 42.1 Å². The molecule has 0 aliphatic carbocycles. The smallest absolute Gasteiger partial charge is 0.264 e. The molecule has 5 heteroatoms. The summed E-state index contributed by atoms with van der Waals surface area (Å²) < 4.78 is 0. The number of hydrogen-bond acceptors (Lipinski definition) is 3. The van der Waals surface area contributed by atoms with Crippen molar-refractivity contribution in [3.8, 4) is 0 Å². The van der Waals surface area contributed by atoms with Gasteiger partial charge in [0.15, 0.2) is 0 Å². The summed E-state index contributed by atoms with van der Waals surface area (Å²) in [6.45, 7) is 0. The fraction of sp³-hybridized carbons (Fsp3) is 0.308. The Morgan fingerprint density at radius 1 is 1.33 bits per heavy atom. The fourth-order valence-electron chi connectivity index (χ4n) is 2.43. The molecule has 0 radical (unpaired) electrons. The molecule has 1 aromatic rings. The number of carbonyl (C=O) groups excluding carboxylic acids is 1. The molecule has 1 saturated heterocycles. The molecule has 2 aliphatic heterocycles. The number of hydrazine groups is 1. The van der Waals surface area contributed by atoms with E-state index >= 15 is 0 Å². The van der Waals surface area contributed by atoms with Crippen LogP contribution in [0.1, 0.15) is 18.0 Å². The van der Waals surface area contributed by atoms with Crippen LogP contribution in [0.25, 0.3) is 0 Å². The van der Waals surface area contributed by atoms with Crippen LogP contribution in [0.3, 0.4) is 0 Å². The third-order valence-corrected chi connectivity index (χ3v) is 3.59. The topological polar surface area (TPSA) is 44.4 Å². The number of halogens is 1. The first-order valence-corrected chi connectivity index (χ1v) is 6.49. The van der Waals surface area contributed by atoms with Crippen molar-refractivity contribution in [2.45, 2.75) is 18.6 Å². The molecule has 1 fully saturated rings. The number of nitrogens with zero attached hydrogens (tertiary/aromatic N) is 1. The van der Waals surface area contributed by atoms with Crippen molar-refractivity contribution in [1.29, 1.82) is 0 Å². The molecular formula is C13H14ClN3O. The van der Waals surface area contributed by atoms with Gasteiger partial charge in [-0.3, -0.25) is 9.80 Å². The predicted molar refractivity (Wildman–Crippen MR) is 69.5 cm³/mol. The average Bonchev–Trinajstić information content (AvgIpc) is 2.84. The molecule has 2 atom stereocenters. The van der Waals surface area contributed by atoms with Crippen LogP contribution < -0.4 is 10.7 Å². The largest absolute Gasteiger partial charge is 0.366 e. The van der Waals surface area contributed by atoms with E-state index in [2.05, 4.69) is 22.9 Å². The number of alkyl halides is 1. The highest BCUT2D eigenvalue weighted by Gasteiger charge is 2.37. The molecule has 0 bridgehead atoms. The fourth-order valence-corrected chi connectivity index (χ4v) is 2.58. The average molecular weight is 264 g/mol. The van der Waals surface area contributed by atoms with E-state index in [1.54, 1.807) is 11.1 Å². The van der Waals surface area contributed by atoms with Crippen molar-refractivity contribution in [2.24, 2.45) is 0 Å². The zero-order chi connectivity index (χ0) is 12.5. The number of fused-ring (bicyclic) bond motifs is 1. The summed E-state index contributed by atoms with van der Waals surface area (Å²) in [7, 11) is 0. The molecule has 3 rings (SSSR count). The van der Waals surface area contributed by atoms with Gasteiger partial charge in [-0.05, 0) is 5.56 Å². The molecule has 0 saturated carbocycles. The molecule has 0 spiro atoms. The molecule has 2 unspecified atom stereocenters. The molecular weight excluding hydrogens is 250 g/mol. The predicted octanol–water partition coefficient (Wildman–Crippen LogP) is 1.52. The number of amides is 1. The number of allylic oxidation sites excluding steroid dienone is 1. The van der Waals surface area contributed by atoms with Crippen molar-refractivity contribution >= 4 is 17.5 Å². The van der Waals surface area contributed by atoms with Crippen molar-refractivity contribution in [3.63, 3.8) is 0 Å². The summed E-state index contributed by atoms with van der Waals surface area (Å²) in [5.41, 5.74) is 5.22. The van der Waals surface area contributed by atoms with E-state index < -0.39 is 0 Å². The highest BCUT2D eigenvalue weighted by atomic mass is 35.5. The lowest BCUT2D eigenvalue weighted by Gasteiger charge is -2.29. The van der Waals surface area contributed by atoms with Gasteiger partial charge in [-0.25, -0.2) is 5.43 Å². The van der Waals surface area contributed by atoms with Crippen LogP contribution in [-0.4, -0.2) is 23.0 Å². The summed E-state index contributed by atoms with van der Waals surface area (Å²) in [6.07, 6.45) is 2.37. The lowest BCUT2D eigenvalue weighted by atomic mass is 10.0. The number of hydrogen-bond donors (Lipinski definition) is 2. The van der Waals surface area contributed by atoms with Crippen molar-refractivity contribution in [2.75, 3.05) is 5.88 Å². The second-order valence-electron chi connectivity index (χ2n) is 4.50. The normalized spacial score (nSPS) is 26.6. The maximum absolute atomic E-state index is 11.9. The quantitative estimate of drug-likeness (QED) is 0.795. The van der Waals surface area contributed by atoms with Crippen molar-refractivity contribution in [1.82, 2.24) is 15.8 Å². The molecule has 1 aromatic carbocycles. The van der Waals surface area contributed by atoms with Gasteiger partial charge in [0.2, 0.25) is 0 Å². The van der Waals surface area contributed by atoms with E-state index in [9.17, 15) is 4.79 Å². The van der Waals surface area contributed by atoms with Crippen LogP contribution in [0.4, 0.5) is 0 Å². The minimum absolute atomic E-state index is 0.0125. The van der Waals surface area contributed by atoms with E-state index in [1.165, 1.54) is 5.56 Å². The third kappa shape index (κ3) is 1.98. The van der Waals surface area contributed by atoms with Gasteiger partial charge in [0.25, 0.3) is 5.91 Å². The van der Waals surface area contributed by atoms with E-state index in [0.29, 0.717) is 5.88 Å². The molecule has 1 amide bonds. The van der Waals surface area contributed by atoms with E-state index in [4.69, 9.17) is 11.6 Å². The number of rotatable bonds is 2. The second-order valence-corrected chi connectivity index (χ2v) is 4.77. The Bertz CT molecular complexity index is 488. The van der Waals surface area contributed by atoms with Gasteiger partial charge >= 0.3 is 0 Å². The van der Waals surface area contributed by atoms with E-state index in [1.807, 2.05) is 18.2 Å². The second kappa shape index (κ2) is 4.63. The van der Waals surface area contributed by atoms with Gasteiger partial charge in [-0.1, -0.05) is 30.3 Å². The lowest BCUT2D eigenvalue weighted by molar-refractivity contribution is -0.131. The molecule has 4 nitrogen and oxygen atoms in total. The summed E-state index contributed by atoms with van der Waals surface area (Å²) >= 11 is 5.77. The molecule has 2 aliphatic rings. The maximum atomic E-state index is 11.9. The Kier molecular flexibility index (Phi) is 2.97. The lowest BCUT2D eigenvalue weighted by Crippen LogP contribution is -2.51. The zero-order valence-corrected chi connectivity index (χ0v) is 10.5. The van der Waals surface area contributed by atoms with Gasteiger partial charge in [0.1, 0.15) is 6.17 Å². The molecule has 2 heterocycles. The van der Waals surface area contributed by atoms with Gasteiger partial charge in [-0.2, -0.15) is 0 Å². The first kappa shape index (κ1) is 11.6. The van der Waals surface area contributed by atoms with Crippen LogP contribution in [0.2, 0.25) is 0 Å². The summed E-state index contributed by atoms with van der Waals surface area (Å²) in [6, 6.07) is 10.3. The van der Waals surface area contributed by atoms with Crippen LogP contribution >= 0.6 is 11.6 Å². The molecule has 18 heavy (non-hydrogen) atoms. The van der Waals surface area contributed by atoms with Gasteiger partial charge in [0.05, 0.1) is 11.9 Å². The zero-order valence-electron chi connectivity index (χ0n) is 9.77. The Balaban J connectivity index is 1.79. The first-order valence-electron chi connectivity index (χ1n) is 5.95. The monoisotopic (exact) mass is 263 g/mol. The molecule has 0 aromatic heterocycles. The standard InChI is InChI=1S/C13H14ClN3O/c14-8-10-6-13(18)17-12(15-10)7-11(16-17)9-4-2-1-3-5-9/h1-6,11-12,15-16H,7-8H2. The minimum atomic E-state index is -0.0344. The highest BCUT2D eigenvalue weighted by Crippen LogP contribution is 2.28. The Morgan fingerprint density at radius 2 is 2.11 bits per heavy atom. The summed E-state index contributed by atoms with van der Waals surface area (Å²) in [5.74, 6) is 0.305. The third-order valence-electron chi connectivity index (χ3n) is 3.30. The van der Waals surface area contributed by atoms with E-state index in [0.717, 1.165) is 12.1 Å². The highest BCUT2D eigenvalue weighted by molar-refractivity contribution is 6.19. The van der Waals surface area contributed by atoms with Crippen molar-refractivity contribution in [3.05, 3.63) is 47.7 Å². The van der Waals surface area contributed by atoms with Gasteiger partial charge in [0, 0.05) is 18.2 Å². The number of carbonyl (C=O) groups is 1. The Hall–Kier alpha value is -1.52. The minimum Gasteiger partial charge on any atom is -0.366 e. The number of benzene rings is 1. The SMILES string of the molecule is O=C1C=C(CCl)NC2CC(c3ccccc3)NN12.